The van der Waals surface area contributed by atoms with Gasteiger partial charge in [0.15, 0.2) is 0 Å². The molecule has 3 rings (SSSR count). The molecule has 1 N–H and O–H groups in total. The van der Waals surface area contributed by atoms with Crippen molar-refractivity contribution >= 4 is 16.1 Å². The Morgan fingerprint density at radius 1 is 1.13 bits per heavy atom. The first-order chi connectivity index (χ1) is 14.9. The first-order valence-corrected chi connectivity index (χ1v) is 12.1. The summed E-state index contributed by atoms with van der Waals surface area (Å²) in [5.74, 6) is 1.39. The van der Waals surface area contributed by atoms with Crippen LogP contribution in [-0.2, 0) is 10.0 Å². The van der Waals surface area contributed by atoms with Gasteiger partial charge in [-0.05, 0) is 68.0 Å². The van der Waals surface area contributed by atoms with Crippen LogP contribution >= 0.6 is 0 Å². The Morgan fingerprint density at radius 3 is 2.48 bits per heavy atom. The molecule has 0 unspecified atom stereocenters. The maximum atomic E-state index is 12.7. The average Bonchev–Trinajstić information content (AvgIpc) is 2.78. The lowest BCUT2D eigenvalue weighted by Gasteiger charge is -2.31. The van der Waals surface area contributed by atoms with Crippen LogP contribution in [0.2, 0.25) is 0 Å². The highest BCUT2D eigenvalue weighted by molar-refractivity contribution is 7.89. The van der Waals surface area contributed by atoms with Crippen LogP contribution in [0.25, 0.3) is 0 Å². The van der Waals surface area contributed by atoms with E-state index in [2.05, 4.69) is 4.72 Å². The topological polar surface area (TPSA) is 84.9 Å². The minimum atomic E-state index is -3.60. The predicted octanol–water partition coefficient (Wildman–Crippen LogP) is 3.97. The molecule has 1 aliphatic heterocycles. The molecule has 0 radical (unpaired) electrons. The monoisotopic (exact) mass is 446 g/mol. The highest BCUT2D eigenvalue weighted by Gasteiger charge is 2.25. The Labute approximate surface area is 184 Å². The number of carbonyl (C=O) groups excluding carboxylic acids is 1. The molecule has 8 heteroatoms. The minimum absolute atomic E-state index is 0.170. The number of likely N-dealkylation sites (tertiary alicyclic amines) is 1. The van der Waals surface area contributed by atoms with Gasteiger partial charge in [-0.3, -0.25) is 0 Å². The number of ether oxygens (including phenoxy) is 2. The van der Waals surface area contributed by atoms with E-state index in [4.69, 9.17) is 9.47 Å². The number of aryl methyl sites for hydroxylation is 1. The van der Waals surface area contributed by atoms with Crippen molar-refractivity contribution in [3.05, 3.63) is 54.1 Å². The van der Waals surface area contributed by atoms with Crippen molar-refractivity contribution in [3.63, 3.8) is 0 Å². The number of rotatable bonds is 8. The zero-order valence-corrected chi connectivity index (χ0v) is 18.9. The second kappa shape index (κ2) is 10.6. The van der Waals surface area contributed by atoms with Crippen LogP contribution in [0.3, 0.4) is 0 Å². The summed E-state index contributed by atoms with van der Waals surface area (Å²) in [5.41, 5.74) is 0.793. The van der Waals surface area contributed by atoms with E-state index >= 15 is 0 Å². The van der Waals surface area contributed by atoms with Gasteiger partial charge in [-0.15, -0.1) is 0 Å². The fourth-order valence-corrected chi connectivity index (χ4v) is 4.65. The van der Waals surface area contributed by atoms with Gasteiger partial charge in [0.05, 0.1) is 11.5 Å². The first-order valence-electron chi connectivity index (χ1n) is 10.6. The summed E-state index contributed by atoms with van der Waals surface area (Å²) < 4.78 is 39.1. The van der Waals surface area contributed by atoms with Gasteiger partial charge in [-0.25, -0.2) is 17.9 Å². The van der Waals surface area contributed by atoms with Crippen LogP contribution in [0, 0.1) is 12.8 Å². The predicted molar refractivity (Wildman–Crippen MR) is 119 cm³/mol. The molecule has 0 aromatic heterocycles. The summed E-state index contributed by atoms with van der Waals surface area (Å²) in [6, 6.07) is 13.9. The molecule has 1 saturated heterocycles. The van der Waals surface area contributed by atoms with Gasteiger partial charge in [-0.2, -0.15) is 0 Å². The highest BCUT2D eigenvalue weighted by Crippen LogP contribution is 2.23. The Bertz CT molecular complexity index is 971. The molecule has 0 saturated carbocycles. The normalized spacial score (nSPS) is 15.0. The maximum absolute atomic E-state index is 12.7. The minimum Gasteiger partial charge on any atom is -0.493 e. The molecule has 0 atom stereocenters. The SMILES string of the molecule is CCCOc1ccc(S(=O)(=O)NCC2CCN(C(=O)Oc3ccccc3)CC2)cc1C. The Kier molecular flexibility index (Phi) is 7.92. The number of sulfonamides is 1. The first kappa shape index (κ1) is 23.1. The van der Waals surface area contributed by atoms with E-state index in [1.54, 1.807) is 35.2 Å². The van der Waals surface area contributed by atoms with Gasteiger partial charge < -0.3 is 14.4 Å². The lowest BCUT2D eigenvalue weighted by molar-refractivity contribution is 0.131. The van der Waals surface area contributed by atoms with Crippen LogP contribution in [0.5, 0.6) is 11.5 Å². The standard InChI is InChI=1S/C23H30N2O5S/c1-3-15-29-22-10-9-21(16-18(22)2)31(27,28)24-17-19-11-13-25(14-12-19)23(26)30-20-7-5-4-6-8-20/h4-10,16,19,24H,3,11-15,17H2,1-2H3. The van der Waals surface area contributed by atoms with E-state index in [0.29, 0.717) is 37.7 Å². The summed E-state index contributed by atoms with van der Waals surface area (Å²) in [6.07, 6.45) is 1.96. The quantitative estimate of drug-likeness (QED) is 0.663. The van der Waals surface area contributed by atoms with Gasteiger partial charge in [0, 0.05) is 19.6 Å². The van der Waals surface area contributed by atoms with E-state index in [1.165, 1.54) is 0 Å². The van der Waals surface area contributed by atoms with Gasteiger partial charge in [0.1, 0.15) is 11.5 Å². The van der Waals surface area contributed by atoms with Gasteiger partial charge >= 0.3 is 6.09 Å². The van der Waals surface area contributed by atoms with Crippen LogP contribution in [0.4, 0.5) is 4.79 Å². The Morgan fingerprint density at radius 2 is 1.84 bits per heavy atom. The van der Waals surface area contributed by atoms with Gasteiger partial charge in [0.25, 0.3) is 0 Å². The number of hydrogen-bond donors (Lipinski definition) is 1. The van der Waals surface area contributed by atoms with Crippen LogP contribution in [0.15, 0.2) is 53.4 Å². The molecular formula is C23H30N2O5S. The van der Waals surface area contributed by atoms with Crippen LogP contribution in [-0.4, -0.2) is 45.7 Å². The molecule has 0 aliphatic carbocycles. The zero-order valence-electron chi connectivity index (χ0n) is 18.0. The third-order valence-electron chi connectivity index (χ3n) is 5.30. The molecular weight excluding hydrogens is 416 g/mol. The van der Waals surface area contributed by atoms with Crippen molar-refractivity contribution in [1.82, 2.24) is 9.62 Å². The largest absolute Gasteiger partial charge is 0.493 e. The molecule has 2 aromatic carbocycles. The molecule has 1 amide bonds. The van der Waals surface area contributed by atoms with E-state index in [0.717, 1.165) is 24.8 Å². The third-order valence-corrected chi connectivity index (χ3v) is 6.72. The molecule has 168 valence electrons. The number of nitrogens with zero attached hydrogens (tertiary/aromatic N) is 1. The Balaban J connectivity index is 1.48. The van der Waals surface area contributed by atoms with E-state index in [-0.39, 0.29) is 16.9 Å². The summed E-state index contributed by atoms with van der Waals surface area (Å²) in [7, 11) is -3.60. The number of carbonyl (C=O) groups is 1. The van der Waals surface area contributed by atoms with E-state index in [1.807, 2.05) is 32.0 Å². The molecule has 2 aromatic rings. The second-order valence-electron chi connectivity index (χ2n) is 7.74. The van der Waals surface area contributed by atoms with Gasteiger partial charge in [0.2, 0.25) is 10.0 Å². The average molecular weight is 447 g/mol. The lowest BCUT2D eigenvalue weighted by Crippen LogP contribution is -2.42. The van der Waals surface area contributed by atoms with Crippen molar-refractivity contribution in [2.75, 3.05) is 26.2 Å². The second-order valence-corrected chi connectivity index (χ2v) is 9.51. The molecule has 0 spiro atoms. The lowest BCUT2D eigenvalue weighted by atomic mass is 9.97. The maximum Gasteiger partial charge on any atom is 0.415 e. The number of amides is 1. The molecule has 1 fully saturated rings. The number of nitrogens with one attached hydrogen (secondary N) is 1. The molecule has 1 aliphatic rings. The van der Waals surface area contributed by atoms with Gasteiger partial charge in [-0.1, -0.05) is 25.1 Å². The van der Waals surface area contributed by atoms with E-state index in [9.17, 15) is 13.2 Å². The molecule has 0 bridgehead atoms. The van der Waals surface area contributed by atoms with Crippen molar-refractivity contribution < 1.29 is 22.7 Å². The highest BCUT2D eigenvalue weighted by atomic mass is 32.2. The summed E-state index contributed by atoms with van der Waals surface area (Å²) in [5, 5.41) is 0. The van der Waals surface area contributed by atoms with Crippen molar-refractivity contribution in [2.24, 2.45) is 5.92 Å². The number of para-hydroxylation sites is 1. The molecule has 7 nitrogen and oxygen atoms in total. The van der Waals surface area contributed by atoms with Crippen molar-refractivity contribution in [1.29, 1.82) is 0 Å². The zero-order chi connectivity index (χ0) is 22.3. The number of piperidine rings is 1. The van der Waals surface area contributed by atoms with Crippen molar-refractivity contribution in [3.8, 4) is 11.5 Å². The number of benzene rings is 2. The van der Waals surface area contributed by atoms with Crippen molar-refractivity contribution in [2.45, 2.75) is 38.0 Å². The fourth-order valence-electron chi connectivity index (χ4n) is 3.45. The van der Waals surface area contributed by atoms with Crippen LogP contribution in [0.1, 0.15) is 31.7 Å². The number of hydrogen-bond acceptors (Lipinski definition) is 5. The Hall–Kier alpha value is -2.58. The summed E-state index contributed by atoms with van der Waals surface area (Å²) in [4.78, 5) is 14.2. The molecule has 31 heavy (non-hydrogen) atoms. The van der Waals surface area contributed by atoms with Crippen LogP contribution < -0.4 is 14.2 Å². The third kappa shape index (κ3) is 6.45. The molecule has 1 heterocycles. The smallest absolute Gasteiger partial charge is 0.415 e. The fraction of sp³-hybridized carbons (Fsp3) is 0.435. The summed E-state index contributed by atoms with van der Waals surface area (Å²) >= 11 is 0. The summed E-state index contributed by atoms with van der Waals surface area (Å²) in [6.45, 7) is 5.89. The van der Waals surface area contributed by atoms with E-state index < -0.39 is 10.0 Å².